The number of rotatable bonds is 2. The zero-order valence-corrected chi connectivity index (χ0v) is 11.4. The smallest absolute Gasteiger partial charge is 1.00 e. The molecule has 0 atom stereocenters. The van der Waals surface area contributed by atoms with E-state index in [0.29, 0.717) is 0 Å². The van der Waals surface area contributed by atoms with Crippen LogP contribution in [0.5, 0.6) is 0 Å². The van der Waals surface area contributed by atoms with Crippen LogP contribution < -0.4 is 54.7 Å². The van der Waals surface area contributed by atoms with Gasteiger partial charge >= 0.3 is 54.8 Å². The largest absolute Gasteiger partial charge is 1.00 e. The predicted molar refractivity (Wildman–Crippen MR) is 40.5 cm³/mol. The average Bonchev–Trinajstić information content (AvgIpc) is 1.88. The van der Waals surface area contributed by atoms with E-state index in [4.69, 9.17) is 0 Å². The Morgan fingerprint density at radius 2 is 0.917 bits per heavy atom. The van der Waals surface area contributed by atoms with E-state index in [0.717, 1.165) is 12.8 Å². The van der Waals surface area contributed by atoms with Gasteiger partial charge in [-0.25, -0.2) is 0 Å². The Labute approximate surface area is 124 Å². The van der Waals surface area contributed by atoms with Crippen LogP contribution in [-0.4, -0.2) is 0 Å². The zero-order valence-electron chi connectivity index (χ0n) is 8.92. The van der Waals surface area contributed by atoms with Gasteiger partial charge in [0.2, 0.25) is 0 Å². The third-order valence-corrected chi connectivity index (χ3v) is 0.707. The molecule has 0 fully saturated rings. The molecular weight excluding hydrogens is 253 g/mol. The molecule has 0 rings (SSSR count). The quantitative estimate of drug-likeness (QED) is 0.347. The van der Waals surface area contributed by atoms with E-state index in [1.165, 1.54) is 12.8 Å². The van der Waals surface area contributed by atoms with Gasteiger partial charge in [0, 0.05) is 0 Å². The summed E-state index contributed by atoms with van der Waals surface area (Å²) in [7, 11) is 0. The van der Waals surface area contributed by atoms with Gasteiger partial charge in [0.05, 0.1) is 0 Å². The average molecular weight is 272 g/mol. The summed E-state index contributed by atoms with van der Waals surface area (Å²) in [4.78, 5) is 0. The van der Waals surface area contributed by atoms with Gasteiger partial charge in [-0.05, 0) is 0 Å². The third-order valence-electron chi connectivity index (χ3n) is 0.707. The van der Waals surface area contributed by atoms with E-state index in [1.807, 2.05) is 0 Å². The van der Waals surface area contributed by atoms with E-state index in [2.05, 4.69) is 27.7 Å². The maximum absolute atomic E-state index is 3.60. The first kappa shape index (κ1) is 36.8. The molecule has 0 saturated carbocycles. The van der Waals surface area contributed by atoms with Crippen LogP contribution in [0, 0.1) is 13.8 Å². The number of unbranched alkanes of at least 4 members (excludes halogenated alkanes) is 2. The first-order valence-corrected chi connectivity index (χ1v) is 3.41. The van der Waals surface area contributed by atoms with Gasteiger partial charge in [0.15, 0.2) is 0 Å². The molecule has 0 bridgehead atoms. The van der Waals surface area contributed by atoms with Crippen molar-refractivity contribution >= 4 is 0 Å². The van der Waals surface area contributed by atoms with E-state index < -0.39 is 0 Å². The summed E-state index contributed by atoms with van der Waals surface area (Å²) in [5.41, 5.74) is 0. The molecule has 4 heteroatoms. The molecule has 0 N–H and O–H groups in total. The van der Waals surface area contributed by atoms with E-state index in [9.17, 15) is 0 Å². The van der Waals surface area contributed by atoms with Crippen LogP contribution in [0.15, 0.2) is 0 Å². The Morgan fingerprint density at radius 1 is 0.833 bits per heavy atom. The van der Waals surface area contributed by atoms with E-state index in [1.54, 1.807) is 0 Å². The minimum atomic E-state index is 0. The van der Waals surface area contributed by atoms with Crippen LogP contribution in [0.3, 0.4) is 0 Å². The Morgan fingerprint density at radius 3 is 0.917 bits per heavy atom. The molecule has 0 saturated heterocycles. The maximum atomic E-state index is 3.60. The Balaban J connectivity index is -0.0000000112. The Kier molecular flexibility index (Phi) is 157. The van der Waals surface area contributed by atoms with Gasteiger partial charge in [-0.1, -0.05) is 26.7 Å². The minimum Gasteiger partial charge on any atom is -1.00 e. The summed E-state index contributed by atoms with van der Waals surface area (Å²) < 4.78 is 0. The zero-order chi connectivity index (χ0) is 6.83. The van der Waals surface area contributed by atoms with Crippen LogP contribution in [0.25, 0.3) is 0 Å². The molecule has 0 heterocycles. The van der Waals surface area contributed by atoms with Crippen molar-refractivity contribution in [3.8, 4) is 0 Å². The van der Waals surface area contributed by atoms with Gasteiger partial charge in [0.1, 0.15) is 0 Å². The fourth-order valence-corrected chi connectivity index (χ4v) is 0. The van der Waals surface area contributed by atoms with Crippen molar-refractivity contribution in [2.24, 2.45) is 0 Å². The first-order chi connectivity index (χ1) is 3.83. The van der Waals surface area contributed by atoms with Gasteiger partial charge in [0.25, 0.3) is 0 Å². The van der Waals surface area contributed by atoms with Crippen molar-refractivity contribution in [1.29, 1.82) is 0 Å². The van der Waals surface area contributed by atoms with Crippen LogP contribution in [-0.2, 0) is 17.1 Å². The molecule has 12 heavy (non-hydrogen) atoms. The van der Waals surface area contributed by atoms with Gasteiger partial charge in [-0.3, -0.25) is 0 Å². The SMILES string of the molecule is [Br-].[CH2-]CCC.[CH2-]CCC.[Cu+].[Li+].[Li+]. The maximum Gasteiger partial charge on any atom is 1.00 e. The number of halogens is 1. The monoisotopic (exact) mass is 270 g/mol. The summed E-state index contributed by atoms with van der Waals surface area (Å²) >= 11 is 0. The predicted octanol–water partition coefficient (Wildman–Crippen LogP) is -5.75. The first-order valence-electron chi connectivity index (χ1n) is 3.41. The normalized spacial score (nSPS) is 5.00. The molecule has 0 unspecified atom stereocenters. The Bertz CT molecular complexity index is 25.0. The fraction of sp³-hybridized carbons (Fsp3) is 0.750. The molecule has 0 aromatic heterocycles. The van der Waals surface area contributed by atoms with Crippen molar-refractivity contribution in [1.82, 2.24) is 0 Å². The number of hydrogen-bond acceptors (Lipinski definition) is 0. The van der Waals surface area contributed by atoms with E-state index in [-0.39, 0.29) is 71.8 Å². The second-order valence-corrected chi connectivity index (χ2v) is 1.71. The van der Waals surface area contributed by atoms with Crippen molar-refractivity contribution in [3.63, 3.8) is 0 Å². The second-order valence-electron chi connectivity index (χ2n) is 1.71. The topological polar surface area (TPSA) is 0 Å². The number of hydrogen-bond donors (Lipinski definition) is 0. The van der Waals surface area contributed by atoms with Gasteiger partial charge in [-0.2, -0.15) is 12.8 Å². The molecule has 70 valence electrons. The summed E-state index contributed by atoms with van der Waals surface area (Å²) in [6.07, 6.45) is 4.56. The molecule has 0 radical (unpaired) electrons. The summed E-state index contributed by atoms with van der Waals surface area (Å²) in [5, 5.41) is 0. The van der Waals surface area contributed by atoms with Crippen molar-refractivity contribution in [2.45, 2.75) is 39.5 Å². The standard InChI is InChI=1S/2C4H9.BrH.Cu.2Li/c2*1-3-4-2;;;;/h2*1,3-4H2,2H3;1H;;;/q2*-1;;3*+1/p-1. The second kappa shape index (κ2) is 51.1. The van der Waals surface area contributed by atoms with Gasteiger partial charge in [-0.15, -0.1) is 0 Å². The van der Waals surface area contributed by atoms with Crippen LogP contribution >= 0.6 is 0 Å². The van der Waals surface area contributed by atoms with Crippen LogP contribution in [0.1, 0.15) is 39.5 Å². The van der Waals surface area contributed by atoms with Crippen molar-refractivity contribution in [2.75, 3.05) is 0 Å². The van der Waals surface area contributed by atoms with Crippen LogP contribution in [0.2, 0.25) is 0 Å². The van der Waals surface area contributed by atoms with Crippen molar-refractivity contribution < 1.29 is 71.8 Å². The minimum absolute atomic E-state index is 0. The molecule has 0 aromatic rings. The molecule has 0 nitrogen and oxygen atoms in total. The molecule has 0 aliphatic carbocycles. The molecule has 0 aliphatic heterocycles. The van der Waals surface area contributed by atoms with E-state index >= 15 is 0 Å². The molecule has 0 aliphatic rings. The molecular formula is C8H18BrCuLi2. The molecule has 0 amide bonds. The summed E-state index contributed by atoms with van der Waals surface area (Å²) in [6.45, 7) is 11.4. The summed E-state index contributed by atoms with van der Waals surface area (Å²) in [6, 6.07) is 0. The van der Waals surface area contributed by atoms with Crippen molar-refractivity contribution in [3.05, 3.63) is 13.8 Å². The Hall–Kier alpha value is 2.19. The fourth-order valence-electron chi connectivity index (χ4n) is 0. The third kappa shape index (κ3) is 86.9. The van der Waals surface area contributed by atoms with Crippen LogP contribution in [0.4, 0.5) is 0 Å². The molecule has 0 spiro atoms. The van der Waals surface area contributed by atoms with Gasteiger partial charge < -0.3 is 30.8 Å². The summed E-state index contributed by atoms with van der Waals surface area (Å²) in [5.74, 6) is 0. The molecule has 0 aromatic carbocycles.